The monoisotopic (exact) mass is 306 g/mol. The van der Waals surface area contributed by atoms with E-state index in [4.69, 9.17) is 34.8 Å². The van der Waals surface area contributed by atoms with Crippen molar-refractivity contribution in [1.29, 1.82) is 0 Å². The number of carbonyl (C=O) groups excluding carboxylic acids is 1. The summed E-state index contributed by atoms with van der Waals surface area (Å²) >= 11 is 17.4. The molecule has 0 N–H and O–H groups in total. The molecule has 1 amide bonds. The first-order valence-electron chi connectivity index (χ1n) is 5.65. The minimum atomic E-state index is -0.00884. The van der Waals surface area contributed by atoms with Crippen molar-refractivity contribution in [1.82, 2.24) is 4.90 Å². The summed E-state index contributed by atoms with van der Waals surface area (Å²) in [5.74, 6) is 0.0395. The maximum atomic E-state index is 11.4. The minimum Gasteiger partial charge on any atom is -0.368 e. The summed E-state index contributed by atoms with van der Waals surface area (Å²) in [7, 11) is 0. The van der Waals surface area contributed by atoms with Gasteiger partial charge >= 0.3 is 0 Å². The van der Waals surface area contributed by atoms with Gasteiger partial charge in [0.2, 0.25) is 5.91 Å². The van der Waals surface area contributed by atoms with Gasteiger partial charge in [-0.1, -0.05) is 23.2 Å². The summed E-state index contributed by atoms with van der Waals surface area (Å²) in [6, 6.07) is 5.58. The van der Waals surface area contributed by atoms with Gasteiger partial charge in [-0.2, -0.15) is 0 Å². The van der Waals surface area contributed by atoms with Gasteiger partial charge in [0.25, 0.3) is 0 Å². The molecule has 0 unspecified atom stereocenters. The Morgan fingerprint density at radius 3 is 2.33 bits per heavy atom. The lowest BCUT2D eigenvalue weighted by atomic mass is 10.2. The fourth-order valence-electron chi connectivity index (χ4n) is 1.98. The van der Waals surface area contributed by atoms with Gasteiger partial charge in [-0.25, -0.2) is 0 Å². The van der Waals surface area contributed by atoms with Crippen molar-refractivity contribution in [2.75, 3.05) is 37.0 Å². The third-order valence-corrected chi connectivity index (χ3v) is 3.98. The molecule has 0 atom stereocenters. The van der Waals surface area contributed by atoms with E-state index in [2.05, 4.69) is 4.90 Å². The van der Waals surface area contributed by atoms with Crippen molar-refractivity contribution in [3.05, 3.63) is 28.2 Å². The van der Waals surface area contributed by atoms with Gasteiger partial charge in [-0.3, -0.25) is 4.79 Å². The minimum absolute atomic E-state index is 0.00884. The standard InChI is InChI=1S/C12H13Cl3N2O/c13-8-12(18)17-5-3-16(4-6-17)9-1-2-10(14)11(15)7-9/h1-2,7H,3-6,8H2. The lowest BCUT2D eigenvalue weighted by Gasteiger charge is -2.36. The summed E-state index contributed by atoms with van der Waals surface area (Å²) in [5.41, 5.74) is 1.03. The number of rotatable bonds is 2. The molecule has 0 spiro atoms. The fourth-order valence-corrected chi connectivity index (χ4v) is 2.44. The number of piperazine rings is 1. The largest absolute Gasteiger partial charge is 0.368 e. The molecule has 1 aromatic carbocycles. The first kappa shape index (κ1) is 13.8. The molecule has 1 aliphatic rings. The smallest absolute Gasteiger partial charge is 0.237 e. The van der Waals surface area contributed by atoms with Crippen LogP contribution >= 0.6 is 34.8 Å². The molecular formula is C12H13Cl3N2O. The fraction of sp³-hybridized carbons (Fsp3) is 0.417. The number of alkyl halides is 1. The predicted molar refractivity (Wildman–Crippen MR) is 76.0 cm³/mol. The van der Waals surface area contributed by atoms with Crippen LogP contribution in [0.4, 0.5) is 5.69 Å². The van der Waals surface area contributed by atoms with Gasteiger partial charge in [0.1, 0.15) is 5.88 Å². The van der Waals surface area contributed by atoms with E-state index in [1.165, 1.54) is 0 Å². The van der Waals surface area contributed by atoms with Crippen LogP contribution in [-0.2, 0) is 4.79 Å². The van der Waals surface area contributed by atoms with Gasteiger partial charge in [0, 0.05) is 31.9 Å². The summed E-state index contributed by atoms with van der Waals surface area (Å²) in [5, 5.41) is 1.10. The quantitative estimate of drug-likeness (QED) is 0.784. The van der Waals surface area contributed by atoms with E-state index in [1.54, 1.807) is 11.0 Å². The Bertz CT molecular complexity index is 445. The lowest BCUT2D eigenvalue weighted by molar-refractivity contribution is -0.128. The Morgan fingerprint density at radius 1 is 1.11 bits per heavy atom. The molecule has 18 heavy (non-hydrogen) atoms. The molecule has 2 rings (SSSR count). The number of benzene rings is 1. The Hall–Kier alpha value is -0.640. The molecule has 1 aliphatic heterocycles. The SMILES string of the molecule is O=C(CCl)N1CCN(c2ccc(Cl)c(Cl)c2)CC1. The van der Waals surface area contributed by atoms with E-state index in [0.29, 0.717) is 23.1 Å². The number of halogens is 3. The summed E-state index contributed by atoms with van der Waals surface area (Å²) in [6.07, 6.45) is 0. The number of amides is 1. The third kappa shape index (κ3) is 3.02. The van der Waals surface area contributed by atoms with Crippen LogP contribution in [0.25, 0.3) is 0 Å². The van der Waals surface area contributed by atoms with Crippen LogP contribution in [0.2, 0.25) is 10.0 Å². The Balaban J connectivity index is 2.01. The average Bonchev–Trinajstić information content (AvgIpc) is 2.41. The van der Waals surface area contributed by atoms with Gasteiger partial charge in [-0.15, -0.1) is 11.6 Å². The zero-order valence-corrected chi connectivity index (χ0v) is 12.0. The molecule has 0 aromatic heterocycles. The maximum Gasteiger partial charge on any atom is 0.237 e. The highest BCUT2D eigenvalue weighted by molar-refractivity contribution is 6.42. The zero-order valence-electron chi connectivity index (χ0n) is 9.70. The summed E-state index contributed by atoms with van der Waals surface area (Å²) in [4.78, 5) is 15.4. The molecule has 0 aliphatic carbocycles. The van der Waals surface area contributed by atoms with Crippen LogP contribution < -0.4 is 4.90 Å². The molecule has 0 bridgehead atoms. The van der Waals surface area contributed by atoms with Crippen molar-refractivity contribution in [3.8, 4) is 0 Å². The number of nitrogens with zero attached hydrogens (tertiary/aromatic N) is 2. The highest BCUT2D eigenvalue weighted by Gasteiger charge is 2.20. The van der Waals surface area contributed by atoms with Crippen LogP contribution in [0.5, 0.6) is 0 Å². The molecule has 1 saturated heterocycles. The number of hydrogen-bond donors (Lipinski definition) is 0. The van der Waals surface area contributed by atoms with Gasteiger partial charge in [-0.05, 0) is 18.2 Å². The lowest BCUT2D eigenvalue weighted by Crippen LogP contribution is -2.49. The first-order chi connectivity index (χ1) is 8.61. The Morgan fingerprint density at radius 2 is 1.78 bits per heavy atom. The number of carbonyl (C=O) groups is 1. The molecule has 98 valence electrons. The maximum absolute atomic E-state index is 11.4. The normalized spacial score (nSPS) is 15.9. The van der Waals surface area contributed by atoms with Crippen LogP contribution in [0, 0.1) is 0 Å². The van der Waals surface area contributed by atoms with Gasteiger partial charge in [0.05, 0.1) is 10.0 Å². The average molecular weight is 308 g/mol. The van der Waals surface area contributed by atoms with Crippen molar-refractivity contribution in [2.45, 2.75) is 0 Å². The van der Waals surface area contributed by atoms with Crippen molar-refractivity contribution in [2.24, 2.45) is 0 Å². The highest BCUT2D eigenvalue weighted by Crippen LogP contribution is 2.27. The van der Waals surface area contributed by atoms with E-state index in [1.807, 2.05) is 12.1 Å². The predicted octanol–water partition coefficient (Wildman–Crippen LogP) is 2.88. The van der Waals surface area contributed by atoms with Crippen LogP contribution in [0.1, 0.15) is 0 Å². The van der Waals surface area contributed by atoms with E-state index >= 15 is 0 Å². The molecule has 1 fully saturated rings. The molecule has 1 aromatic rings. The van der Waals surface area contributed by atoms with Crippen LogP contribution in [-0.4, -0.2) is 42.9 Å². The third-order valence-electron chi connectivity index (χ3n) is 3.02. The Labute approximate surface area is 121 Å². The number of anilines is 1. The second kappa shape index (κ2) is 6.00. The van der Waals surface area contributed by atoms with Gasteiger partial charge < -0.3 is 9.80 Å². The van der Waals surface area contributed by atoms with Crippen molar-refractivity contribution < 1.29 is 4.79 Å². The zero-order chi connectivity index (χ0) is 13.1. The molecule has 0 saturated carbocycles. The second-order valence-electron chi connectivity index (χ2n) is 4.10. The number of hydrogen-bond acceptors (Lipinski definition) is 2. The molecule has 0 radical (unpaired) electrons. The molecular weight excluding hydrogens is 295 g/mol. The van der Waals surface area contributed by atoms with E-state index in [0.717, 1.165) is 18.8 Å². The first-order valence-corrected chi connectivity index (χ1v) is 6.94. The highest BCUT2D eigenvalue weighted by atomic mass is 35.5. The summed E-state index contributed by atoms with van der Waals surface area (Å²) < 4.78 is 0. The van der Waals surface area contributed by atoms with Gasteiger partial charge in [0.15, 0.2) is 0 Å². The molecule has 1 heterocycles. The van der Waals surface area contributed by atoms with Crippen LogP contribution in [0.3, 0.4) is 0 Å². The summed E-state index contributed by atoms with van der Waals surface area (Å²) in [6.45, 7) is 2.93. The van der Waals surface area contributed by atoms with Crippen molar-refractivity contribution in [3.63, 3.8) is 0 Å². The van der Waals surface area contributed by atoms with Crippen molar-refractivity contribution >= 4 is 46.4 Å². The molecule has 3 nitrogen and oxygen atoms in total. The second-order valence-corrected chi connectivity index (χ2v) is 5.18. The molecule has 6 heteroatoms. The van der Waals surface area contributed by atoms with E-state index < -0.39 is 0 Å². The van der Waals surface area contributed by atoms with E-state index in [-0.39, 0.29) is 11.8 Å². The van der Waals surface area contributed by atoms with E-state index in [9.17, 15) is 4.79 Å². The Kier molecular flexibility index (Phi) is 4.60. The van der Waals surface area contributed by atoms with Crippen LogP contribution in [0.15, 0.2) is 18.2 Å². The topological polar surface area (TPSA) is 23.6 Å².